The number of benzene rings is 1. The number of rotatable bonds is 5. The van der Waals surface area contributed by atoms with Crippen LogP contribution in [0.25, 0.3) is 0 Å². The second kappa shape index (κ2) is 7.58. The second-order valence-electron chi connectivity index (χ2n) is 5.62. The number of anilines is 1. The number of hydrogen-bond donors (Lipinski definition) is 2. The lowest BCUT2D eigenvalue weighted by molar-refractivity contribution is -0.0104. The lowest BCUT2D eigenvalue weighted by Gasteiger charge is -2.40. The van der Waals surface area contributed by atoms with Crippen molar-refractivity contribution in [1.82, 2.24) is 5.32 Å². The molecular weight excluding hydrogens is 332 g/mol. The minimum Gasteiger partial charge on any atom is -0.394 e. The molecule has 118 valence electrons. The van der Waals surface area contributed by atoms with E-state index in [1.165, 1.54) is 11.3 Å². The molecule has 1 saturated heterocycles. The van der Waals surface area contributed by atoms with Gasteiger partial charge in [0, 0.05) is 28.8 Å². The van der Waals surface area contributed by atoms with Crippen molar-refractivity contribution in [1.29, 1.82) is 0 Å². The van der Waals surface area contributed by atoms with Gasteiger partial charge in [-0.1, -0.05) is 22.9 Å². The predicted octanol–water partition coefficient (Wildman–Crippen LogP) is 2.71. The van der Waals surface area contributed by atoms with E-state index in [-0.39, 0.29) is 18.8 Å². The SMILES string of the molecule is CCNC(C)c1cc(Br)ccc1N1CC(CO)OCC1C. The van der Waals surface area contributed by atoms with Crippen molar-refractivity contribution in [2.75, 3.05) is 31.2 Å². The number of hydrogen-bond acceptors (Lipinski definition) is 4. The third-order valence-electron chi connectivity index (χ3n) is 3.98. The van der Waals surface area contributed by atoms with Crippen LogP contribution in [-0.4, -0.2) is 43.6 Å². The zero-order valence-corrected chi connectivity index (χ0v) is 14.6. The molecule has 3 unspecified atom stereocenters. The summed E-state index contributed by atoms with van der Waals surface area (Å²) < 4.78 is 6.73. The fourth-order valence-corrected chi connectivity index (χ4v) is 3.19. The molecule has 0 bridgehead atoms. The average Bonchev–Trinajstić information content (AvgIpc) is 2.48. The topological polar surface area (TPSA) is 44.7 Å². The molecule has 1 aliphatic heterocycles. The summed E-state index contributed by atoms with van der Waals surface area (Å²) in [6.07, 6.45) is -0.105. The van der Waals surface area contributed by atoms with Crippen molar-refractivity contribution in [3.63, 3.8) is 0 Å². The summed E-state index contributed by atoms with van der Waals surface area (Å²) in [5.74, 6) is 0. The van der Waals surface area contributed by atoms with Crippen LogP contribution in [-0.2, 0) is 4.74 Å². The second-order valence-corrected chi connectivity index (χ2v) is 6.54. The highest BCUT2D eigenvalue weighted by Gasteiger charge is 2.28. The van der Waals surface area contributed by atoms with Crippen LogP contribution >= 0.6 is 15.9 Å². The molecule has 1 fully saturated rings. The first-order valence-electron chi connectivity index (χ1n) is 7.58. The fourth-order valence-electron chi connectivity index (χ4n) is 2.81. The quantitative estimate of drug-likeness (QED) is 0.851. The molecule has 0 saturated carbocycles. The van der Waals surface area contributed by atoms with Crippen molar-refractivity contribution in [3.8, 4) is 0 Å². The van der Waals surface area contributed by atoms with E-state index in [4.69, 9.17) is 4.74 Å². The van der Waals surface area contributed by atoms with E-state index in [1.54, 1.807) is 0 Å². The van der Waals surface area contributed by atoms with Crippen molar-refractivity contribution in [2.45, 2.75) is 39.0 Å². The molecule has 0 radical (unpaired) electrons. The van der Waals surface area contributed by atoms with Crippen LogP contribution in [0, 0.1) is 0 Å². The van der Waals surface area contributed by atoms with Crippen molar-refractivity contribution >= 4 is 21.6 Å². The summed E-state index contributed by atoms with van der Waals surface area (Å²) >= 11 is 3.57. The minimum absolute atomic E-state index is 0.0673. The van der Waals surface area contributed by atoms with Crippen LogP contribution in [0.1, 0.15) is 32.4 Å². The molecule has 5 heteroatoms. The molecule has 2 N–H and O–H groups in total. The highest BCUT2D eigenvalue weighted by molar-refractivity contribution is 9.10. The molecule has 3 atom stereocenters. The van der Waals surface area contributed by atoms with Gasteiger partial charge >= 0.3 is 0 Å². The van der Waals surface area contributed by atoms with E-state index in [9.17, 15) is 5.11 Å². The number of aliphatic hydroxyl groups is 1. The lowest BCUT2D eigenvalue weighted by Crippen LogP contribution is -2.50. The number of morpholine rings is 1. The Labute approximate surface area is 135 Å². The van der Waals surface area contributed by atoms with E-state index in [0.717, 1.165) is 17.6 Å². The summed E-state index contributed by atoms with van der Waals surface area (Å²) in [4.78, 5) is 2.35. The van der Waals surface area contributed by atoms with Crippen molar-refractivity contribution < 1.29 is 9.84 Å². The maximum Gasteiger partial charge on any atom is 0.0981 e. The summed E-state index contributed by atoms with van der Waals surface area (Å²) in [5, 5.41) is 12.9. The smallest absolute Gasteiger partial charge is 0.0981 e. The van der Waals surface area contributed by atoms with Crippen LogP contribution in [0.2, 0.25) is 0 Å². The normalized spacial score (nSPS) is 24.1. The molecule has 1 heterocycles. The molecule has 4 nitrogen and oxygen atoms in total. The van der Waals surface area contributed by atoms with Crippen molar-refractivity contribution in [3.05, 3.63) is 28.2 Å². The Balaban J connectivity index is 2.32. The van der Waals surface area contributed by atoms with Gasteiger partial charge in [0.25, 0.3) is 0 Å². The summed E-state index contributed by atoms with van der Waals surface area (Å²) in [6, 6.07) is 7.00. The summed E-state index contributed by atoms with van der Waals surface area (Å²) in [7, 11) is 0. The van der Waals surface area contributed by atoms with E-state index >= 15 is 0 Å². The maximum absolute atomic E-state index is 9.38. The van der Waals surface area contributed by atoms with E-state index in [1.807, 2.05) is 0 Å². The van der Waals surface area contributed by atoms with Gasteiger partial charge in [0.15, 0.2) is 0 Å². The Hall–Kier alpha value is -0.620. The number of nitrogens with one attached hydrogen (secondary N) is 1. The van der Waals surface area contributed by atoms with Gasteiger partial charge in [0.1, 0.15) is 0 Å². The molecule has 21 heavy (non-hydrogen) atoms. The first kappa shape index (κ1) is 16.7. The Morgan fingerprint density at radius 1 is 1.52 bits per heavy atom. The zero-order chi connectivity index (χ0) is 15.4. The van der Waals surface area contributed by atoms with Gasteiger partial charge in [0.2, 0.25) is 0 Å². The number of aliphatic hydroxyl groups excluding tert-OH is 1. The first-order chi connectivity index (χ1) is 10.1. The Bertz CT molecular complexity index is 470. The van der Waals surface area contributed by atoms with Crippen LogP contribution in [0.5, 0.6) is 0 Å². The summed E-state index contributed by atoms with van der Waals surface area (Å²) in [6.45, 7) is 8.85. The highest BCUT2D eigenvalue weighted by Crippen LogP contribution is 2.32. The van der Waals surface area contributed by atoms with Gasteiger partial charge in [-0.3, -0.25) is 0 Å². The molecule has 0 aliphatic carbocycles. The van der Waals surface area contributed by atoms with Crippen LogP contribution in [0.15, 0.2) is 22.7 Å². The third-order valence-corrected chi connectivity index (χ3v) is 4.48. The Kier molecular flexibility index (Phi) is 6.05. The van der Waals surface area contributed by atoms with Gasteiger partial charge < -0.3 is 20.1 Å². The third kappa shape index (κ3) is 3.97. The molecule has 2 rings (SSSR count). The molecular formula is C16H25BrN2O2. The molecule has 1 aromatic carbocycles. The van der Waals surface area contributed by atoms with Crippen LogP contribution in [0.3, 0.4) is 0 Å². The standard InChI is InChI=1S/C16H25BrN2O2/c1-4-18-12(3)15-7-13(17)5-6-16(15)19-8-14(9-20)21-10-11(19)2/h5-7,11-12,14,18,20H,4,8-10H2,1-3H3. The van der Waals surface area contributed by atoms with E-state index in [2.05, 4.69) is 65.1 Å². The Morgan fingerprint density at radius 3 is 2.95 bits per heavy atom. The number of nitrogens with zero attached hydrogens (tertiary/aromatic N) is 1. The van der Waals surface area contributed by atoms with Crippen LogP contribution < -0.4 is 10.2 Å². The minimum atomic E-state index is -0.105. The predicted molar refractivity (Wildman–Crippen MR) is 89.9 cm³/mol. The van der Waals surface area contributed by atoms with Gasteiger partial charge in [0.05, 0.1) is 19.3 Å². The molecule has 0 spiro atoms. The van der Waals surface area contributed by atoms with Gasteiger partial charge in [-0.25, -0.2) is 0 Å². The molecule has 1 aromatic rings. The van der Waals surface area contributed by atoms with Crippen LogP contribution in [0.4, 0.5) is 5.69 Å². The van der Waals surface area contributed by atoms with E-state index in [0.29, 0.717) is 12.6 Å². The average molecular weight is 357 g/mol. The number of ether oxygens (including phenoxy) is 1. The Morgan fingerprint density at radius 2 is 2.29 bits per heavy atom. The van der Waals surface area contributed by atoms with Gasteiger partial charge in [-0.15, -0.1) is 0 Å². The van der Waals surface area contributed by atoms with E-state index < -0.39 is 0 Å². The highest BCUT2D eigenvalue weighted by atomic mass is 79.9. The summed E-state index contributed by atoms with van der Waals surface area (Å²) in [5.41, 5.74) is 2.50. The maximum atomic E-state index is 9.38. The van der Waals surface area contributed by atoms with Gasteiger partial charge in [-0.2, -0.15) is 0 Å². The number of halogens is 1. The monoisotopic (exact) mass is 356 g/mol. The lowest BCUT2D eigenvalue weighted by atomic mass is 10.0. The molecule has 0 amide bonds. The molecule has 0 aromatic heterocycles. The zero-order valence-electron chi connectivity index (χ0n) is 13.0. The fraction of sp³-hybridized carbons (Fsp3) is 0.625. The molecule has 1 aliphatic rings. The van der Waals surface area contributed by atoms with Gasteiger partial charge in [-0.05, 0) is 44.2 Å². The largest absolute Gasteiger partial charge is 0.394 e. The van der Waals surface area contributed by atoms with Crippen molar-refractivity contribution in [2.24, 2.45) is 0 Å². The first-order valence-corrected chi connectivity index (χ1v) is 8.38.